The maximum absolute atomic E-state index is 13.1. The monoisotopic (exact) mass is 483 g/mol. The van der Waals surface area contributed by atoms with Crippen molar-refractivity contribution in [2.45, 2.75) is 79.9 Å². The number of ether oxygens (including phenoxy) is 2. The number of amides is 2. The molecule has 190 valence electrons. The van der Waals surface area contributed by atoms with Crippen molar-refractivity contribution in [1.29, 1.82) is 0 Å². The first kappa shape index (κ1) is 28.2. The van der Waals surface area contributed by atoms with Gasteiger partial charge in [0, 0.05) is 25.4 Å². The van der Waals surface area contributed by atoms with Crippen molar-refractivity contribution in [2.24, 2.45) is 5.41 Å². The van der Waals surface area contributed by atoms with Crippen molar-refractivity contribution in [3.63, 3.8) is 0 Å². The van der Waals surface area contributed by atoms with Crippen molar-refractivity contribution in [3.8, 4) is 0 Å². The van der Waals surface area contributed by atoms with Crippen LogP contribution in [0.1, 0.15) is 68.7 Å². The Labute approximate surface area is 209 Å². The molecule has 0 unspecified atom stereocenters. The lowest BCUT2D eigenvalue weighted by atomic mass is 9.91. The molecule has 0 N–H and O–H groups in total. The van der Waals surface area contributed by atoms with E-state index in [4.69, 9.17) is 17.3 Å². The van der Waals surface area contributed by atoms with Crippen LogP contribution in [-0.4, -0.2) is 63.6 Å². The molecule has 9 nitrogen and oxygen atoms in total. The maximum atomic E-state index is 13.1. The molecule has 0 aromatic carbocycles. The molecular weight excluding hydrogens is 445 g/mol. The zero-order valence-corrected chi connectivity index (χ0v) is 22.5. The van der Waals surface area contributed by atoms with Gasteiger partial charge in [0.25, 0.3) is 0 Å². The fraction of sp³-hybridized carbons (Fsp3) is 0.600. The highest BCUT2D eigenvalue weighted by Crippen LogP contribution is 2.24. The Morgan fingerprint density at radius 2 is 1.63 bits per heavy atom. The van der Waals surface area contributed by atoms with Crippen molar-refractivity contribution >= 4 is 36.8 Å². The second kappa shape index (κ2) is 10.3. The van der Waals surface area contributed by atoms with Gasteiger partial charge in [-0.05, 0) is 65.1 Å². The minimum absolute atomic E-state index is 0.0396. The van der Waals surface area contributed by atoms with Gasteiger partial charge in [0.05, 0.1) is 6.54 Å². The second-order valence-corrected chi connectivity index (χ2v) is 11.7. The van der Waals surface area contributed by atoms with E-state index < -0.39 is 17.3 Å². The lowest BCUT2D eigenvalue weighted by molar-refractivity contribution is -0.132. The summed E-state index contributed by atoms with van der Waals surface area (Å²) in [5, 5.41) is 4.15. The highest BCUT2D eigenvalue weighted by molar-refractivity contribution is 6.36. The third-order valence-corrected chi connectivity index (χ3v) is 4.53. The highest BCUT2D eigenvalue weighted by Gasteiger charge is 2.31. The summed E-state index contributed by atoms with van der Waals surface area (Å²) in [5.74, 6) is 0.490. The van der Waals surface area contributed by atoms with Gasteiger partial charge in [0.15, 0.2) is 5.88 Å². The number of fused-ring (bicyclic) bond motifs is 1. The molecule has 2 aromatic rings. The Bertz CT molecular complexity index is 1050. The molecule has 0 atom stereocenters. The van der Waals surface area contributed by atoms with Gasteiger partial charge in [-0.15, -0.1) is 0 Å². The van der Waals surface area contributed by atoms with Crippen LogP contribution in [0.3, 0.4) is 0 Å². The predicted molar refractivity (Wildman–Crippen MR) is 138 cm³/mol. The molecule has 35 heavy (non-hydrogen) atoms. The number of anilines is 1. The lowest BCUT2D eigenvalue weighted by Crippen LogP contribution is -2.46. The SMILES string of the molecule is [B]c1cnn2ccc(N(CCN(C(=O)CC(C)(C)C)C(=O)OC(C)(C)C)C(=C)OC(C)(C)C)nc12. The van der Waals surface area contributed by atoms with E-state index in [-0.39, 0.29) is 30.8 Å². The lowest BCUT2D eigenvalue weighted by Gasteiger charge is -2.33. The number of rotatable bonds is 7. The molecular formula is C25H38BN5O4. The molecule has 0 saturated heterocycles. The van der Waals surface area contributed by atoms with Crippen LogP contribution in [0, 0.1) is 5.41 Å². The Kier molecular flexibility index (Phi) is 8.30. The van der Waals surface area contributed by atoms with E-state index in [1.807, 2.05) is 41.5 Å². The molecule has 2 amide bonds. The number of aromatic nitrogens is 3. The van der Waals surface area contributed by atoms with E-state index >= 15 is 0 Å². The van der Waals surface area contributed by atoms with Gasteiger partial charge >= 0.3 is 6.09 Å². The Morgan fingerprint density at radius 1 is 1.03 bits per heavy atom. The van der Waals surface area contributed by atoms with Crippen LogP contribution in [0.15, 0.2) is 30.9 Å². The summed E-state index contributed by atoms with van der Waals surface area (Å²) in [5.41, 5.74) is -0.680. The second-order valence-electron chi connectivity index (χ2n) is 11.7. The fourth-order valence-electron chi connectivity index (χ4n) is 3.19. The van der Waals surface area contributed by atoms with E-state index in [0.717, 1.165) is 4.90 Å². The minimum Gasteiger partial charge on any atom is -0.474 e. The van der Waals surface area contributed by atoms with Crippen molar-refractivity contribution in [2.75, 3.05) is 18.0 Å². The number of nitrogens with zero attached hydrogens (tertiary/aromatic N) is 5. The van der Waals surface area contributed by atoms with E-state index in [9.17, 15) is 9.59 Å². The average Bonchev–Trinajstić information content (AvgIpc) is 3.01. The van der Waals surface area contributed by atoms with Gasteiger partial charge in [-0.2, -0.15) is 5.10 Å². The minimum atomic E-state index is -0.748. The van der Waals surface area contributed by atoms with Gasteiger partial charge < -0.3 is 9.47 Å². The molecule has 2 aromatic heterocycles. The molecule has 0 fully saturated rings. The summed E-state index contributed by atoms with van der Waals surface area (Å²) in [6, 6.07) is 1.74. The van der Waals surface area contributed by atoms with E-state index in [2.05, 4.69) is 16.7 Å². The van der Waals surface area contributed by atoms with Crippen molar-refractivity contribution in [1.82, 2.24) is 19.5 Å². The molecule has 0 aliphatic carbocycles. The van der Waals surface area contributed by atoms with Crippen LogP contribution >= 0.6 is 0 Å². The molecule has 0 spiro atoms. The Morgan fingerprint density at radius 3 is 2.17 bits per heavy atom. The molecule has 2 heterocycles. The summed E-state index contributed by atoms with van der Waals surface area (Å²) < 4.78 is 13.1. The molecule has 0 aliphatic heterocycles. The number of carbonyl (C=O) groups is 2. The van der Waals surface area contributed by atoms with Crippen LogP contribution < -0.4 is 10.4 Å². The number of hydrogen-bond acceptors (Lipinski definition) is 7. The summed E-state index contributed by atoms with van der Waals surface area (Å²) in [7, 11) is 6.01. The van der Waals surface area contributed by atoms with Crippen molar-refractivity contribution in [3.05, 3.63) is 30.9 Å². The Balaban J connectivity index is 2.39. The highest BCUT2D eigenvalue weighted by atomic mass is 16.6. The summed E-state index contributed by atoms with van der Waals surface area (Å²) in [4.78, 5) is 33.6. The fourth-order valence-corrected chi connectivity index (χ4v) is 3.19. The van der Waals surface area contributed by atoms with Crippen LogP contribution in [0.4, 0.5) is 10.6 Å². The molecule has 10 heteroatoms. The van der Waals surface area contributed by atoms with Gasteiger partial charge in [-0.25, -0.2) is 19.2 Å². The first-order valence-corrected chi connectivity index (χ1v) is 11.6. The summed E-state index contributed by atoms with van der Waals surface area (Å²) in [6.45, 7) is 21.1. The smallest absolute Gasteiger partial charge is 0.417 e. The molecule has 0 aliphatic rings. The van der Waals surface area contributed by atoms with Crippen LogP contribution in [-0.2, 0) is 14.3 Å². The first-order valence-electron chi connectivity index (χ1n) is 11.6. The number of imide groups is 1. The summed E-state index contributed by atoms with van der Waals surface area (Å²) in [6.07, 6.45) is 2.73. The topological polar surface area (TPSA) is 89.3 Å². The zero-order chi connectivity index (χ0) is 26.8. The van der Waals surface area contributed by atoms with E-state index in [1.165, 1.54) is 6.20 Å². The van der Waals surface area contributed by atoms with Crippen LogP contribution in [0.2, 0.25) is 0 Å². The first-order chi connectivity index (χ1) is 15.9. The molecule has 0 bridgehead atoms. The average molecular weight is 483 g/mol. The van der Waals surface area contributed by atoms with Gasteiger partial charge in [-0.1, -0.05) is 20.8 Å². The number of hydrogen-bond donors (Lipinski definition) is 0. The number of carbonyl (C=O) groups excluding carboxylic acids is 2. The third-order valence-electron chi connectivity index (χ3n) is 4.53. The maximum Gasteiger partial charge on any atom is 0.417 e. The van der Waals surface area contributed by atoms with E-state index in [1.54, 1.807) is 42.4 Å². The van der Waals surface area contributed by atoms with Gasteiger partial charge in [0.1, 0.15) is 30.5 Å². The predicted octanol–water partition coefficient (Wildman–Crippen LogP) is 3.82. The van der Waals surface area contributed by atoms with Crippen LogP contribution in [0.25, 0.3) is 5.65 Å². The van der Waals surface area contributed by atoms with E-state index in [0.29, 0.717) is 22.8 Å². The largest absolute Gasteiger partial charge is 0.474 e. The Hall–Kier alpha value is -3.04. The normalized spacial score (nSPS) is 12.4. The van der Waals surface area contributed by atoms with Crippen LogP contribution in [0.5, 0.6) is 0 Å². The molecule has 0 saturated carbocycles. The quantitative estimate of drug-likeness (QED) is 0.437. The standard InChI is InChI=1S/C25H38BN5O4/c1-17(34-24(5,6)7)29(19-11-12-31-21(28-19)18(26)16-27-31)13-14-30(20(32)15-23(2,3)4)22(33)35-25(8,9)10/h11-12,16H,1,13-15H2,2-10H3. The van der Waals surface area contributed by atoms with Crippen molar-refractivity contribution < 1.29 is 19.1 Å². The zero-order valence-electron chi connectivity index (χ0n) is 22.5. The van der Waals surface area contributed by atoms with Gasteiger partial charge in [-0.3, -0.25) is 9.69 Å². The molecule has 2 radical (unpaired) electrons. The third kappa shape index (κ3) is 8.60. The molecule has 2 rings (SSSR count). The van der Waals surface area contributed by atoms with Gasteiger partial charge in [0.2, 0.25) is 5.91 Å². The summed E-state index contributed by atoms with van der Waals surface area (Å²) >= 11 is 0.